The van der Waals surface area contributed by atoms with Crippen molar-refractivity contribution in [3.63, 3.8) is 0 Å². The second-order valence-electron chi connectivity index (χ2n) is 4.86. The van der Waals surface area contributed by atoms with Crippen molar-refractivity contribution in [3.8, 4) is 0 Å². The molecule has 0 aliphatic heterocycles. The highest BCUT2D eigenvalue weighted by Crippen LogP contribution is 2.11. The van der Waals surface area contributed by atoms with Crippen molar-refractivity contribution in [2.75, 3.05) is 19.5 Å². The van der Waals surface area contributed by atoms with Crippen LogP contribution in [0.15, 0.2) is 53.6 Å². The average molecular weight is 379 g/mol. The molecule has 2 aromatic rings. The van der Waals surface area contributed by atoms with E-state index in [4.69, 9.17) is 0 Å². The van der Waals surface area contributed by atoms with Crippen LogP contribution in [-0.4, -0.2) is 25.2 Å². The van der Waals surface area contributed by atoms with E-state index in [1.54, 1.807) is 0 Å². The quantitative estimate of drug-likeness (QED) is 0.486. The molecule has 0 spiro atoms. The minimum absolute atomic E-state index is 0.957. The smallest absolute Gasteiger partial charge is 0.0562 e. The molecule has 0 radical (unpaired) electrons. The van der Waals surface area contributed by atoms with Crippen LogP contribution in [0.2, 0.25) is 0 Å². The summed E-state index contributed by atoms with van der Waals surface area (Å²) in [6, 6.07) is 16.6. The first kappa shape index (κ1) is 15.0. The molecule has 20 heavy (non-hydrogen) atoms. The van der Waals surface area contributed by atoms with Gasteiger partial charge in [0.25, 0.3) is 0 Å². The standard InChI is InChI=1S/C16H18IN3/c1-20(2)12-14-5-3-13(4-6-14)11-18-19-16-9-7-15(17)8-10-16/h3-11,19H,12H2,1-2H3. The Morgan fingerprint density at radius 3 is 2.30 bits per heavy atom. The molecular formula is C16H18IN3. The lowest BCUT2D eigenvalue weighted by molar-refractivity contribution is 0.402. The van der Waals surface area contributed by atoms with Gasteiger partial charge < -0.3 is 4.90 Å². The zero-order valence-electron chi connectivity index (χ0n) is 11.7. The Morgan fingerprint density at radius 2 is 1.70 bits per heavy atom. The van der Waals surface area contributed by atoms with E-state index in [1.165, 1.54) is 9.13 Å². The largest absolute Gasteiger partial charge is 0.305 e. The Bertz CT molecular complexity index is 559. The van der Waals surface area contributed by atoms with Crippen LogP contribution >= 0.6 is 22.6 Å². The van der Waals surface area contributed by atoms with Crippen molar-refractivity contribution < 1.29 is 0 Å². The van der Waals surface area contributed by atoms with Gasteiger partial charge in [-0.3, -0.25) is 5.43 Å². The summed E-state index contributed by atoms with van der Waals surface area (Å²) in [7, 11) is 4.14. The summed E-state index contributed by atoms with van der Waals surface area (Å²) < 4.78 is 1.22. The Kier molecular flexibility index (Phi) is 5.55. The van der Waals surface area contributed by atoms with Crippen LogP contribution in [0.5, 0.6) is 0 Å². The molecule has 0 amide bonds. The Labute approximate surface area is 133 Å². The molecule has 3 nitrogen and oxygen atoms in total. The maximum absolute atomic E-state index is 4.24. The molecule has 0 aliphatic carbocycles. The Morgan fingerprint density at radius 1 is 1.05 bits per heavy atom. The minimum atomic E-state index is 0.957. The van der Waals surface area contributed by atoms with Crippen LogP contribution < -0.4 is 5.43 Å². The number of rotatable bonds is 5. The Balaban J connectivity index is 1.92. The van der Waals surface area contributed by atoms with Crippen molar-refractivity contribution in [1.29, 1.82) is 0 Å². The van der Waals surface area contributed by atoms with Gasteiger partial charge in [-0.25, -0.2) is 0 Å². The fraction of sp³-hybridized carbons (Fsp3) is 0.188. The number of hydrazone groups is 1. The van der Waals surface area contributed by atoms with Crippen LogP contribution in [0, 0.1) is 3.57 Å². The molecule has 0 aromatic heterocycles. The van der Waals surface area contributed by atoms with Crippen LogP contribution in [0.4, 0.5) is 5.69 Å². The van der Waals surface area contributed by atoms with E-state index in [9.17, 15) is 0 Å². The summed E-state index contributed by atoms with van der Waals surface area (Å²) >= 11 is 2.28. The first-order valence-electron chi connectivity index (χ1n) is 6.42. The molecular weight excluding hydrogens is 361 g/mol. The molecule has 0 heterocycles. The van der Waals surface area contributed by atoms with Gasteiger partial charge in [-0.1, -0.05) is 24.3 Å². The molecule has 0 aliphatic rings. The van der Waals surface area contributed by atoms with E-state index < -0.39 is 0 Å². The van der Waals surface area contributed by atoms with Crippen molar-refractivity contribution in [2.45, 2.75) is 6.54 Å². The van der Waals surface area contributed by atoms with E-state index in [0.717, 1.165) is 17.8 Å². The SMILES string of the molecule is CN(C)Cc1ccc(C=NNc2ccc(I)cc2)cc1. The van der Waals surface area contributed by atoms with Crippen LogP contribution in [-0.2, 0) is 6.54 Å². The summed E-state index contributed by atoms with van der Waals surface area (Å²) in [6.45, 7) is 0.957. The first-order chi connectivity index (χ1) is 9.63. The van der Waals surface area contributed by atoms with Gasteiger partial charge in [0, 0.05) is 10.1 Å². The molecule has 0 saturated heterocycles. The van der Waals surface area contributed by atoms with E-state index in [-0.39, 0.29) is 0 Å². The summed E-state index contributed by atoms with van der Waals surface area (Å²) in [5, 5.41) is 4.24. The molecule has 0 atom stereocenters. The monoisotopic (exact) mass is 379 g/mol. The zero-order chi connectivity index (χ0) is 14.4. The van der Waals surface area contributed by atoms with E-state index >= 15 is 0 Å². The predicted octanol–water partition coefficient (Wildman–Crippen LogP) is 3.80. The highest BCUT2D eigenvalue weighted by atomic mass is 127. The fourth-order valence-corrected chi connectivity index (χ4v) is 2.14. The third-order valence-corrected chi connectivity index (χ3v) is 3.45. The van der Waals surface area contributed by atoms with E-state index in [1.807, 2.05) is 18.3 Å². The lowest BCUT2D eigenvalue weighted by Gasteiger charge is -2.09. The van der Waals surface area contributed by atoms with Crippen molar-refractivity contribution in [3.05, 3.63) is 63.2 Å². The molecule has 2 aromatic carbocycles. The first-order valence-corrected chi connectivity index (χ1v) is 7.50. The van der Waals surface area contributed by atoms with Crippen molar-refractivity contribution >= 4 is 34.5 Å². The summed E-state index contributed by atoms with van der Waals surface area (Å²) in [5.74, 6) is 0. The van der Waals surface area contributed by atoms with Gasteiger partial charge in [0.1, 0.15) is 0 Å². The number of anilines is 1. The van der Waals surface area contributed by atoms with Gasteiger partial charge >= 0.3 is 0 Å². The van der Waals surface area contributed by atoms with Gasteiger partial charge in [-0.2, -0.15) is 5.10 Å². The molecule has 0 bridgehead atoms. The number of nitrogens with zero attached hydrogens (tertiary/aromatic N) is 2. The van der Waals surface area contributed by atoms with Gasteiger partial charge in [0.05, 0.1) is 11.9 Å². The minimum Gasteiger partial charge on any atom is -0.305 e. The van der Waals surface area contributed by atoms with Gasteiger partial charge in [0.15, 0.2) is 0 Å². The predicted molar refractivity (Wildman–Crippen MR) is 94.2 cm³/mol. The summed E-state index contributed by atoms with van der Waals surface area (Å²) in [6.07, 6.45) is 1.83. The highest BCUT2D eigenvalue weighted by molar-refractivity contribution is 14.1. The van der Waals surface area contributed by atoms with E-state index in [0.29, 0.717) is 0 Å². The van der Waals surface area contributed by atoms with Crippen molar-refractivity contribution in [1.82, 2.24) is 4.90 Å². The highest BCUT2D eigenvalue weighted by Gasteiger charge is 1.95. The third-order valence-electron chi connectivity index (χ3n) is 2.73. The van der Waals surface area contributed by atoms with Gasteiger partial charge in [-0.05, 0) is 72.1 Å². The molecule has 4 heteroatoms. The van der Waals surface area contributed by atoms with E-state index in [2.05, 4.69) is 88.5 Å². The zero-order valence-corrected chi connectivity index (χ0v) is 13.8. The molecule has 0 fully saturated rings. The fourth-order valence-electron chi connectivity index (χ4n) is 1.78. The maximum atomic E-state index is 4.24. The number of benzene rings is 2. The number of nitrogens with one attached hydrogen (secondary N) is 1. The topological polar surface area (TPSA) is 27.6 Å². The number of hydrogen-bond donors (Lipinski definition) is 1. The second-order valence-corrected chi connectivity index (χ2v) is 6.10. The van der Waals surface area contributed by atoms with Gasteiger partial charge in [-0.15, -0.1) is 0 Å². The normalized spacial score (nSPS) is 11.2. The summed E-state index contributed by atoms with van der Waals surface area (Å²) in [5.41, 5.74) is 6.41. The summed E-state index contributed by atoms with van der Waals surface area (Å²) in [4.78, 5) is 2.15. The third kappa shape index (κ3) is 4.94. The Hall–Kier alpha value is -1.40. The number of hydrogen-bond acceptors (Lipinski definition) is 3. The molecule has 2 rings (SSSR count). The second kappa shape index (κ2) is 7.40. The molecule has 0 saturated carbocycles. The molecule has 0 unspecified atom stereocenters. The van der Waals surface area contributed by atoms with Gasteiger partial charge in [0.2, 0.25) is 0 Å². The maximum Gasteiger partial charge on any atom is 0.0562 e. The van der Waals surface area contributed by atoms with Crippen LogP contribution in [0.3, 0.4) is 0 Å². The van der Waals surface area contributed by atoms with Crippen LogP contribution in [0.25, 0.3) is 0 Å². The lowest BCUT2D eigenvalue weighted by Crippen LogP contribution is -2.10. The van der Waals surface area contributed by atoms with Crippen molar-refractivity contribution in [2.24, 2.45) is 5.10 Å². The van der Waals surface area contributed by atoms with Crippen LogP contribution in [0.1, 0.15) is 11.1 Å². The lowest BCUT2D eigenvalue weighted by atomic mass is 10.1. The number of halogens is 1. The molecule has 1 N–H and O–H groups in total. The molecule has 104 valence electrons. The average Bonchev–Trinajstić information content (AvgIpc) is 2.42.